The van der Waals surface area contributed by atoms with E-state index in [1.165, 1.54) is 25.3 Å². The van der Waals surface area contributed by atoms with Crippen LogP contribution >= 0.6 is 0 Å². The summed E-state index contributed by atoms with van der Waals surface area (Å²) in [4.78, 5) is 53.8. The molecule has 0 aliphatic carbocycles. The second-order valence-electron chi connectivity index (χ2n) is 8.03. The van der Waals surface area contributed by atoms with Gasteiger partial charge in [-0.25, -0.2) is 4.79 Å². The minimum Gasteiger partial charge on any atom is -0.468 e. The van der Waals surface area contributed by atoms with Gasteiger partial charge in [0, 0.05) is 35.0 Å². The summed E-state index contributed by atoms with van der Waals surface area (Å²) >= 11 is 0. The molecule has 1 aromatic carbocycles. The quantitative estimate of drug-likeness (QED) is 0.358. The molecule has 1 aliphatic rings. The minimum absolute atomic E-state index is 0.131. The summed E-state index contributed by atoms with van der Waals surface area (Å²) in [6.45, 7) is 8.61. The van der Waals surface area contributed by atoms with E-state index in [0.717, 1.165) is 0 Å². The molecule has 0 aromatic heterocycles. The number of amides is 1. The standard InChI is InChI=1S/C23H29N3O7/c1-7-33-23(29)20(12(2)3)25-21(27)17-13(4)24-14(5)18(22(28)32-6)19(17)15-9-8-10-16(11-15)26(30)31/h8-12,18-20H,7H2,1-6H3,(H,25,27). The number of carbonyl (C=O) groups is 3. The van der Waals surface area contributed by atoms with Crippen LogP contribution in [0.15, 0.2) is 40.5 Å². The van der Waals surface area contributed by atoms with Crippen molar-refractivity contribution in [3.63, 3.8) is 0 Å². The molecule has 1 aromatic rings. The summed E-state index contributed by atoms with van der Waals surface area (Å²) in [7, 11) is 1.22. The van der Waals surface area contributed by atoms with E-state index in [1.807, 2.05) is 0 Å². The highest BCUT2D eigenvalue weighted by Crippen LogP contribution is 2.40. The largest absolute Gasteiger partial charge is 0.468 e. The molecular weight excluding hydrogens is 430 g/mol. The van der Waals surface area contributed by atoms with Gasteiger partial charge in [-0.1, -0.05) is 26.0 Å². The Kier molecular flexibility index (Phi) is 8.44. The van der Waals surface area contributed by atoms with Crippen LogP contribution in [0.25, 0.3) is 0 Å². The fraction of sp³-hybridized carbons (Fsp3) is 0.478. The number of nitrogens with zero attached hydrogens (tertiary/aromatic N) is 2. The van der Waals surface area contributed by atoms with Crippen LogP contribution in [-0.4, -0.2) is 48.2 Å². The van der Waals surface area contributed by atoms with Crippen molar-refractivity contribution in [2.75, 3.05) is 13.7 Å². The number of allylic oxidation sites excluding steroid dienone is 1. The Hall–Kier alpha value is -3.56. The number of carbonyl (C=O) groups excluding carboxylic acids is 3. The minimum atomic E-state index is -0.971. The Morgan fingerprint density at radius 2 is 1.91 bits per heavy atom. The Morgan fingerprint density at radius 3 is 2.45 bits per heavy atom. The highest BCUT2D eigenvalue weighted by molar-refractivity contribution is 6.08. The van der Waals surface area contributed by atoms with E-state index < -0.39 is 40.6 Å². The molecule has 3 unspecified atom stereocenters. The molecule has 0 spiro atoms. The van der Waals surface area contributed by atoms with Gasteiger partial charge in [-0.2, -0.15) is 0 Å². The van der Waals surface area contributed by atoms with Gasteiger partial charge < -0.3 is 14.8 Å². The van der Waals surface area contributed by atoms with E-state index in [2.05, 4.69) is 10.3 Å². The molecule has 0 saturated heterocycles. The molecule has 10 nitrogen and oxygen atoms in total. The number of non-ortho nitro benzene ring substituents is 1. The first-order valence-electron chi connectivity index (χ1n) is 10.6. The topological polar surface area (TPSA) is 137 Å². The Balaban J connectivity index is 2.62. The third kappa shape index (κ3) is 5.63. The maximum Gasteiger partial charge on any atom is 0.328 e. The predicted molar refractivity (Wildman–Crippen MR) is 121 cm³/mol. The van der Waals surface area contributed by atoms with Crippen LogP contribution in [0.3, 0.4) is 0 Å². The summed E-state index contributed by atoms with van der Waals surface area (Å²) in [6.07, 6.45) is 0. The van der Waals surface area contributed by atoms with Crippen LogP contribution in [0.1, 0.15) is 46.1 Å². The number of ether oxygens (including phenoxy) is 2. The summed E-state index contributed by atoms with van der Waals surface area (Å²) in [5, 5.41) is 14.1. The molecule has 33 heavy (non-hydrogen) atoms. The highest BCUT2D eigenvalue weighted by Gasteiger charge is 2.42. The van der Waals surface area contributed by atoms with E-state index in [9.17, 15) is 24.5 Å². The second-order valence-corrected chi connectivity index (χ2v) is 8.03. The number of nitro groups is 1. The lowest BCUT2D eigenvalue weighted by Gasteiger charge is -2.32. The van der Waals surface area contributed by atoms with Crippen molar-refractivity contribution < 1.29 is 28.8 Å². The van der Waals surface area contributed by atoms with Crippen LogP contribution in [0.4, 0.5) is 5.69 Å². The van der Waals surface area contributed by atoms with Gasteiger partial charge in [0.15, 0.2) is 0 Å². The Labute approximate surface area is 192 Å². The number of esters is 2. The fourth-order valence-corrected chi connectivity index (χ4v) is 3.91. The van der Waals surface area contributed by atoms with Gasteiger partial charge in [0.05, 0.1) is 18.6 Å². The van der Waals surface area contributed by atoms with Gasteiger partial charge >= 0.3 is 11.9 Å². The average molecular weight is 459 g/mol. The maximum absolute atomic E-state index is 13.5. The number of rotatable bonds is 8. The van der Waals surface area contributed by atoms with E-state index in [-0.39, 0.29) is 23.8 Å². The number of methoxy groups -OCH3 is 1. The number of nitro benzene ring substituents is 1. The normalized spacial score (nSPS) is 18.9. The summed E-state index contributed by atoms with van der Waals surface area (Å²) < 4.78 is 10.0. The second kappa shape index (κ2) is 10.8. The van der Waals surface area contributed by atoms with Crippen LogP contribution in [-0.2, 0) is 23.9 Å². The lowest BCUT2D eigenvalue weighted by molar-refractivity contribution is -0.384. The SMILES string of the molecule is CCOC(=O)C(NC(=O)C1=C(C)N=C(C)C(C(=O)OC)C1c1cccc([N+](=O)[O-])c1)C(C)C. The van der Waals surface area contributed by atoms with Crippen molar-refractivity contribution in [2.24, 2.45) is 16.8 Å². The number of nitrogens with one attached hydrogen (secondary N) is 1. The van der Waals surface area contributed by atoms with Crippen LogP contribution < -0.4 is 5.32 Å². The highest BCUT2D eigenvalue weighted by atomic mass is 16.6. The zero-order valence-electron chi connectivity index (χ0n) is 19.6. The molecule has 2 rings (SSSR count). The van der Waals surface area contributed by atoms with Crippen molar-refractivity contribution >= 4 is 29.2 Å². The Morgan fingerprint density at radius 1 is 1.24 bits per heavy atom. The van der Waals surface area contributed by atoms with Crippen molar-refractivity contribution in [3.8, 4) is 0 Å². The molecular formula is C23H29N3O7. The molecule has 3 atom stereocenters. The molecule has 0 radical (unpaired) electrons. The fourth-order valence-electron chi connectivity index (χ4n) is 3.91. The van der Waals surface area contributed by atoms with E-state index in [1.54, 1.807) is 40.7 Å². The summed E-state index contributed by atoms with van der Waals surface area (Å²) in [5.41, 5.74) is 1.09. The lowest BCUT2D eigenvalue weighted by atomic mass is 9.75. The van der Waals surface area contributed by atoms with Gasteiger partial charge in [0.2, 0.25) is 5.91 Å². The van der Waals surface area contributed by atoms with E-state index in [4.69, 9.17) is 9.47 Å². The first-order chi connectivity index (χ1) is 15.5. The summed E-state index contributed by atoms with van der Waals surface area (Å²) in [6, 6.07) is 4.82. The van der Waals surface area contributed by atoms with Gasteiger partial charge in [0.25, 0.3) is 5.69 Å². The zero-order chi connectivity index (χ0) is 24.9. The maximum atomic E-state index is 13.5. The predicted octanol–water partition coefficient (Wildman–Crippen LogP) is 2.92. The lowest BCUT2D eigenvalue weighted by Crippen LogP contribution is -2.48. The van der Waals surface area contributed by atoms with Crippen LogP contribution in [0.5, 0.6) is 0 Å². The monoisotopic (exact) mass is 459 g/mol. The third-order valence-electron chi connectivity index (χ3n) is 5.46. The summed E-state index contributed by atoms with van der Waals surface area (Å²) in [5.74, 6) is -3.95. The Bertz CT molecular complexity index is 1010. The number of hydrogen-bond donors (Lipinski definition) is 1. The molecule has 1 amide bonds. The third-order valence-corrected chi connectivity index (χ3v) is 5.46. The van der Waals surface area contributed by atoms with Crippen LogP contribution in [0, 0.1) is 22.0 Å². The number of hydrogen-bond acceptors (Lipinski definition) is 8. The van der Waals surface area contributed by atoms with Gasteiger partial charge in [0.1, 0.15) is 12.0 Å². The van der Waals surface area contributed by atoms with Crippen molar-refractivity contribution in [2.45, 2.75) is 46.6 Å². The molecule has 0 saturated carbocycles. The molecule has 1 aliphatic heterocycles. The molecule has 0 fully saturated rings. The van der Waals surface area contributed by atoms with E-state index in [0.29, 0.717) is 17.0 Å². The molecule has 178 valence electrons. The number of benzene rings is 1. The zero-order valence-corrected chi connectivity index (χ0v) is 19.6. The van der Waals surface area contributed by atoms with Crippen molar-refractivity contribution in [3.05, 3.63) is 51.2 Å². The van der Waals surface area contributed by atoms with Crippen LogP contribution in [0.2, 0.25) is 0 Å². The van der Waals surface area contributed by atoms with Crippen molar-refractivity contribution in [1.82, 2.24) is 5.32 Å². The smallest absolute Gasteiger partial charge is 0.328 e. The molecule has 1 heterocycles. The van der Waals surface area contributed by atoms with Crippen molar-refractivity contribution in [1.29, 1.82) is 0 Å². The number of aliphatic imine (C=N–C) groups is 1. The van der Waals surface area contributed by atoms with Gasteiger partial charge in [-0.15, -0.1) is 0 Å². The molecule has 1 N–H and O–H groups in total. The van der Waals surface area contributed by atoms with Gasteiger partial charge in [-0.3, -0.25) is 24.7 Å². The first-order valence-corrected chi connectivity index (χ1v) is 10.6. The van der Waals surface area contributed by atoms with Gasteiger partial charge in [-0.05, 0) is 32.3 Å². The molecule has 10 heteroatoms. The average Bonchev–Trinajstić information content (AvgIpc) is 2.76. The van der Waals surface area contributed by atoms with E-state index >= 15 is 0 Å². The molecule has 0 bridgehead atoms. The first kappa shape index (κ1) is 25.7.